The van der Waals surface area contributed by atoms with Crippen LogP contribution in [0.5, 0.6) is 0 Å². The van der Waals surface area contributed by atoms with Crippen molar-refractivity contribution in [3.63, 3.8) is 0 Å². The Morgan fingerprint density at radius 2 is 2.12 bits per heavy atom. The Kier molecular flexibility index (Phi) is 4.36. The molecule has 1 aliphatic heterocycles. The molecule has 1 aliphatic rings. The predicted molar refractivity (Wildman–Crippen MR) is 72.8 cm³/mol. The molecule has 1 saturated heterocycles. The number of rotatable bonds is 3. The number of hydrogen-bond donors (Lipinski definition) is 0. The van der Waals surface area contributed by atoms with Gasteiger partial charge in [0.2, 0.25) is 0 Å². The topological polar surface area (TPSA) is 29.5 Å². The zero-order valence-electron chi connectivity index (χ0n) is 9.98. The van der Waals surface area contributed by atoms with Gasteiger partial charge in [-0.15, -0.1) is 11.3 Å². The first kappa shape index (κ1) is 13.2. The zero-order chi connectivity index (χ0) is 12.4. The van der Waals surface area contributed by atoms with E-state index in [4.69, 9.17) is 4.74 Å². The SMILES string of the molecule is CC1CN(CC(=O)c2ccc(Br)s2)CC(C)O1. The molecule has 2 unspecified atom stereocenters. The number of nitrogens with zero attached hydrogens (tertiary/aromatic N) is 1. The molecule has 1 aromatic rings. The second-order valence-corrected chi connectivity index (χ2v) is 6.94. The minimum Gasteiger partial charge on any atom is -0.373 e. The van der Waals surface area contributed by atoms with Crippen LogP contribution in [-0.2, 0) is 4.74 Å². The van der Waals surface area contributed by atoms with Crippen molar-refractivity contribution in [1.82, 2.24) is 4.90 Å². The Balaban J connectivity index is 1.94. The first-order chi connectivity index (χ1) is 8.04. The van der Waals surface area contributed by atoms with Crippen molar-refractivity contribution in [2.75, 3.05) is 19.6 Å². The Morgan fingerprint density at radius 3 is 2.65 bits per heavy atom. The summed E-state index contributed by atoms with van der Waals surface area (Å²) < 4.78 is 6.65. The van der Waals surface area contributed by atoms with Crippen LogP contribution < -0.4 is 0 Å². The normalized spacial score (nSPS) is 26.1. The summed E-state index contributed by atoms with van der Waals surface area (Å²) in [6.45, 7) is 6.26. The molecule has 0 aliphatic carbocycles. The molecule has 1 aromatic heterocycles. The minimum absolute atomic E-state index is 0.196. The average molecular weight is 318 g/mol. The number of ketones is 1. The van der Waals surface area contributed by atoms with Gasteiger partial charge in [-0.2, -0.15) is 0 Å². The fourth-order valence-electron chi connectivity index (χ4n) is 2.16. The number of thiophene rings is 1. The number of ether oxygens (including phenoxy) is 1. The monoisotopic (exact) mass is 317 g/mol. The molecule has 0 aromatic carbocycles. The van der Waals surface area contributed by atoms with Crippen molar-refractivity contribution >= 4 is 33.0 Å². The summed E-state index contributed by atoms with van der Waals surface area (Å²) in [5, 5.41) is 0. The van der Waals surface area contributed by atoms with Gasteiger partial charge in [-0.1, -0.05) is 0 Å². The molecule has 0 bridgehead atoms. The van der Waals surface area contributed by atoms with E-state index < -0.39 is 0 Å². The van der Waals surface area contributed by atoms with Crippen LogP contribution in [-0.4, -0.2) is 42.5 Å². The molecule has 0 N–H and O–H groups in total. The van der Waals surface area contributed by atoms with Crippen LogP contribution in [0.1, 0.15) is 23.5 Å². The van der Waals surface area contributed by atoms with Crippen LogP contribution in [0.25, 0.3) is 0 Å². The number of Topliss-reactive ketones (excluding diaryl/α,β-unsaturated/α-hetero) is 1. The fraction of sp³-hybridized carbons (Fsp3) is 0.583. The lowest BCUT2D eigenvalue weighted by Crippen LogP contribution is -2.47. The number of morpholine rings is 1. The van der Waals surface area contributed by atoms with Gasteiger partial charge >= 0.3 is 0 Å². The Morgan fingerprint density at radius 1 is 1.47 bits per heavy atom. The summed E-state index contributed by atoms with van der Waals surface area (Å²) in [4.78, 5) is 15.0. The van der Waals surface area contributed by atoms with Gasteiger partial charge in [-0.05, 0) is 41.9 Å². The molecule has 5 heteroatoms. The van der Waals surface area contributed by atoms with Crippen LogP contribution >= 0.6 is 27.3 Å². The Bertz CT molecular complexity index is 397. The van der Waals surface area contributed by atoms with Gasteiger partial charge in [0, 0.05) is 13.1 Å². The number of hydrogen-bond acceptors (Lipinski definition) is 4. The number of carbonyl (C=O) groups excluding carboxylic acids is 1. The van der Waals surface area contributed by atoms with E-state index >= 15 is 0 Å². The van der Waals surface area contributed by atoms with Crippen molar-refractivity contribution in [1.29, 1.82) is 0 Å². The molecule has 0 spiro atoms. The largest absolute Gasteiger partial charge is 0.373 e. The van der Waals surface area contributed by atoms with Gasteiger partial charge in [-0.25, -0.2) is 0 Å². The van der Waals surface area contributed by atoms with Crippen molar-refractivity contribution in [3.05, 3.63) is 20.8 Å². The standard InChI is InChI=1S/C12H16BrNO2S/c1-8-5-14(6-9(2)16-8)7-10(15)11-3-4-12(13)17-11/h3-4,8-9H,5-7H2,1-2H3. The first-order valence-electron chi connectivity index (χ1n) is 5.71. The molecule has 1 fully saturated rings. The maximum atomic E-state index is 12.0. The second-order valence-electron chi connectivity index (χ2n) is 4.48. The highest BCUT2D eigenvalue weighted by molar-refractivity contribution is 9.11. The molecule has 17 heavy (non-hydrogen) atoms. The van der Waals surface area contributed by atoms with Gasteiger partial charge < -0.3 is 4.74 Å². The summed E-state index contributed by atoms with van der Waals surface area (Å²) in [7, 11) is 0. The third-order valence-corrected chi connectivity index (χ3v) is 4.38. The Hall–Kier alpha value is -0.230. The van der Waals surface area contributed by atoms with E-state index in [1.54, 1.807) is 0 Å². The minimum atomic E-state index is 0.196. The van der Waals surface area contributed by atoms with Gasteiger partial charge in [0.15, 0.2) is 5.78 Å². The molecule has 2 heterocycles. The Labute approximate surface area is 114 Å². The lowest BCUT2D eigenvalue weighted by Gasteiger charge is -2.34. The zero-order valence-corrected chi connectivity index (χ0v) is 12.4. The number of carbonyl (C=O) groups is 1. The lowest BCUT2D eigenvalue weighted by molar-refractivity contribution is -0.0652. The second kappa shape index (κ2) is 5.61. The van der Waals surface area contributed by atoms with Crippen molar-refractivity contribution < 1.29 is 9.53 Å². The van der Waals surface area contributed by atoms with Crippen LogP contribution in [0.4, 0.5) is 0 Å². The average Bonchev–Trinajstić information content (AvgIpc) is 2.63. The van der Waals surface area contributed by atoms with Crippen LogP contribution in [0, 0.1) is 0 Å². The van der Waals surface area contributed by atoms with Crippen LogP contribution in [0.2, 0.25) is 0 Å². The molecule has 0 radical (unpaired) electrons. The highest BCUT2D eigenvalue weighted by Gasteiger charge is 2.24. The molecule has 94 valence electrons. The van der Waals surface area contributed by atoms with Gasteiger partial charge in [-0.3, -0.25) is 9.69 Å². The van der Waals surface area contributed by atoms with Gasteiger partial charge in [0.05, 0.1) is 27.4 Å². The van der Waals surface area contributed by atoms with Crippen LogP contribution in [0.3, 0.4) is 0 Å². The van der Waals surface area contributed by atoms with E-state index in [9.17, 15) is 4.79 Å². The molecule has 3 nitrogen and oxygen atoms in total. The maximum Gasteiger partial charge on any atom is 0.186 e. The highest BCUT2D eigenvalue weighted by atomic mass is 79.9. The number of halogens is 1. The summed E-state index contributed by atoms with van der Waals surface area (Å²) in [5.41, 5.74) is 0. The van der Waals surface area contributed by atoms with Crippen LogP contribution in [0.15, 0.2) is 15.9 Å². The third kappa shape index (κ3) is 3.61. The summed E-state index contributed by atoms with van der Waals surface area (Å²) in [6, 6.07) is 3.80. The third-order valence-electron chi connectivity index (χ3n) is 2.71. The van der Waals surface area contributed by atoms with E-state index in [0.717, 1.165) is 21.8 Å². The quantitative estimate of drug-likeness (QED) is 0.803. The molecular formula is C12H16BrNO2S. The van der Waals surface area contributed by atoms with Crippen molar-refractivity contribution in [2.24, 2.45) is 0 Å². The molecule has 2 atom stereocenters. The van der Waals surface area contributed by atoms with E-state index in [-0.39, 0.29) is 18.0 Å². The smallest absolute Gasteiger partial charge is 0.186 e. The molecule has 2 rings (SSSR count). The summed E-state index contributed by atoms with van der Waals surface area (Å²) in [6.07, 6.45) is 0.420. The summed E-state index contributed by atoms with van der Waals surface area (Å²) >= 11 is 4.87. The van der Waals surface area contributed by atoms with E-state index in [1.807, 2.05) is 12.1 Å². The van der Waals surface area contributed by atoms with Gasteiger partial charge in [0.25, 0.3) is 0 Å². The highest BCUT2D eigenvalue weighted by Crippen LogP contribution is 2.23. The predicted octanol–water partition coefficient (Wildman–Crippen LogP) is 2.80. The van der Waals surface area contributed by atoms with E-state index in [0.29, 0.717) is 6.54 Å². The maximum absolute atomic E-state index is 12.0. The molecule has 0 saturated carbocycles. The fourth-order valence-corrected chi connectivity index (χ4v) is 3.47. The molecule has 0 amide bonds. The molecular weight excluding hydrogens is 302 g/mol. The van der Waals surface area contributed by atoms with E-state index in [2.05, 4.69) is 34.7 Å². The van der Waals surface area contributed by atoms with E-state index in [1.165, 1.54) is 11.3 Å². The van der Waals surface area contributed by atoms with Crippen molar-refractivity contribution in [3.8, 4) is 0 Å². The first-order valence-corrected chi connectivity index (χ1v) is 7.32. The lowest BCUT2D eigenvalue weighted by atomic mass is 10.2. The van der Waals surface area contributed by atoms with Crippen molar-refractivity contribution in [2.45, 2.75) is 26.1 Å². The van der Waals surface area contributed by atoms with Gasteiger partial charge in [0.1, 0.15) is 0 Å². The summed E-state index contributed by atoms with van der Waals surface area (Å²) in [5.74, 6) is 0.196.